The fourth-order valence-corrected chi connectivity index (χ4v) is 1.55. The molecule has 1 rings (SSSR count). The quantitative estimate of drug-likeness (QED) is 0.743. The van der Waals surface area contributed by atoms with Crippen LogP contribution in [0.5, 0.6) is 0 Å². The van der Waals surface area contributed by atoms with E-state index in [4.69, 9.17) is 11.6 Å². The molecule has 1 unspecified atom stereocenters. The zero-order valence-corrected chi connectivity index (χ0v) is 9.30. The maximum Gasteiger partial charge on any atom is 0.0925 e. The van der Waals surface area contributed by atoms with Crippen molar-refractivity contribution in [2.45, 2.75) is 32.3 Å². The average molecular weight is 213 g/mol. The number of rotatable bonds is 5. The Balaban J connectivity index is 2.59. The van der Waals surface area contributed by atoms with Crippen LogP contribution in [0.4, 0.5) is 0 Å². The summed E-state index contributed by atoms with van der Waals surface area (Å²) < 4.78 is 0. The average Bonchev–Trinajstić information content (AvgIpc) is 2.26. The lowest BCUT2D eigenvalue weighted by atomic mass is 10.0. The molecule has 0 fully saturated rings. The van der Waals surface area contributed by atoms with E-state index in [-0.39, 0.29) is 5.88 Å². The predicted octanol–water partition coefficient (Wildman–Crippen LogP) is 3.30. The van der Waals surface area contributed by atoms with Crippen LogP contribution in [0.25, 0.3) is 0 Å². The Morgan fingerprint density at radius 2 is 1.93 bits per heavy atom. The molecule has 1 atom stereocenters. The van der Waals surface area contributed by atoms with E-state index in [1.807, 2.05) is 12.1 Å². The lowest BCUT2D eigenvalue weighted by molar-refractivity contribution is 0.202. The molecule has 0 aliphatic heterocycles. The Bertz CT molecular complexity index is 256. The fourth-order valence-electron chi connectivity index (χ4n) is 1.38. The molecule has 0 heterocycles. The summed E-state index contributed by atoms with van der Waals surface area (Å²) in [5.74, 6) is 0.258. The van der Waals surface area contributed by atoms with E-state index < -0.39 is 6.10 Å². The van der Waals surface area contributed by atoms with Crippen molar-refractivity contribution in [3.63, 3.8) is 0 Å². The van der Waals surface area contributed by atoms with Gasteiger partial charge in [-0.05, 0) is 24.0 Å². The summed E-state index contributed by atoms with van der Waals surface area (Å²) in [7, 11) is 0. The minimum atomic E-state index is -0.531. The first-order chi connectivity index (χ1) is 6.77. The van der Waals surface area contributed by atoms with Gasteiger partial charge in [-0.25, -0.2) is 0 Å². The lowest BCUT2D eigenvalue weighted by Crippen LogP contribution is -1.98. The first-order valence-electron chi connectivity index (χ1n) is 5.10. The fraction of sp³-hybridized carbons (Fsp3) is 0.500. The molecule has 78 valence electrons. The Morgan fingerprint density at radius 3 is 2.43 bits per heavy atom. The van der Waals surface area contributed by atoms with E-state index in [0.29, 0.717) is 0 Å². The van der Waals surface area contributed by atoms with Gasteiger partial charge in [0.1, 0.15) is 0 Å². The Hall–Kier alpha value is -0.530. The smallest absolute Gasteiger partial charge is 0.0925 e. The van der Waals surface area contributed by atoms with Crippen molar-refractivity contribution in [1.82, 2.24) is 0 Å². The number of alkyl halides is 1. The zero-order valence-electron chi connectivity index (χ0n) is 8.54. The third-order valence-corrected chi connectivity index (χ3v) is 2.62. The molecule has 1 nitrogen and oxygen atoms in total. The molecule has 0 radical (unpaired) electrons. The van der Waals surface area contributed by atoms with Crippen molar-refractivity contribution in [3.05, 3.63) is 35.4 Å². The molecule has 0 amide bonds. The largest absolute Gasteiger partial charge is 0.387 e. The molecule has 0 saturated carbocycles. The van der Waals surface area contributed by atoms with Crippen LogP contribution in [0.3, 0.4) is 0 Å². The van der Waals surface area contributed by atoms with Crippen LogP contribution in [-0.4, -0.2) is 11.0 Å². The van der Waals surface area contributed by atoms with Crippen LogP contribution >= 0.6 is 11.6 Å². The van der Waals surface area contributed by atoms with Crippen molar-refractivity contribution in [2.75, 3.05) is 5.88 Å². The summed E-state index contributed by atoms with van der Waals surface area (Å²) in [6, 6.07) is 8.05. The van der Waals surface area contributed by atoms with Crippen molar-refractivity contribution in [2.24, 2.45) is 0 Å². The minimum Gasteiger partial charge on any atom is -0.387 e. The normalized spacial score (nSPS) is 12.8. The lowest BCUT2D eigenvalue weighted by Gasteiger charge is -2.07. The zero-order chi connectivity index (χ0) is 10.4. The number of aryl methyl sites for hydroxylation is 1. The number of halogens is 1. The van der Waals surface area contributed by atoms with Crippen LogP contribution in [0.2, 0.25) is 0 Å². The van der Waals surface area contributed by atoms with Gasteiger partial charge in [0, 0.05) is 0 Å². The van der Waals surface area contributed by atoms with Gasteiger partial charge < -0.3 is 5.11 Å². The van der Waals surface area contributed by atoms with Crippen LogP contribution in [0.1, 0.15) is 37.0 Å². The highest BCUT2D eigenvalue weighted by molar-refractivity contribution is 6.18. The van der Waals surface area contributed by atoms with E-state index in [0.717, 1.165) is 12.0 Å². The van der Waals surface area contributed by atoms with Gasteiger partial charge in [0.2, 0.25) is 0 Å². The number of unbranched alkanes of at least 4 members (excludes halogenated alkanes) is 1. The molecule has 1 N–H and O–H groups in total. The number of hydrogen-bond donors (Lipinski definition) is 1. The van der Waals surface area contributed by atoms with Gasteiger partial charge in [-0.15, -0.1) is 11.6 Å². The standard InChI is InChI=1S/C12H17ClO/c1-2-3-4-10-5-7-11(8-6-10)12(14)9-13/h5-8,12,14H,2-4,9H2,1H3. The summed E-state index contributed by atoms with van der Waals surface area (Å²) in [4.78, 5) is 0. The molecule has 0 aromatic heterocycles. The Morgan fingerprint density at radius 1 is 1.29 bits per heavy atom. The molecule has 14 heavy (non-hydrogen) atoms. The van der Waals surface area contributed by atoms with E-state index in [9.17, 15) is 5.11 Å². The molecule has 0 aliphatic carbocycles. The first kappa shape index (κ1) is 11.5. The molecular formula is C12H17ClO. The summed E-state index contributed by atoms with van der Waals surface area (Å²) in [5, 5.41) is 9.46. The second-order valence-corrected chi connectivity index (χ2v) is 3.82. The summed E-state index contributed by atoms with van der Waals surface area (Å²) in [5.41, 5.74) is 2.23. The third-order valence-electron chi connectivity index (χ3n) is 2.33. The van der Waals surface area contributed by atoms with Gasteiger partial charge in [-0.2, -0.15) is 0 Å². The minimum absolute atomic E-state index is 0.258. The molecule has 1 aromatic carbocycles. The van der Waals surface area contributed by atoms with Gasteiger partial charge in [0.25, 0.3) is 0 Å². The van der Waals surface area contributed by atoms with Gasteiger partial charge in [-0.1, -0.05) is 37.6 Å². The Labute approximate surface area is 90.7 Å². The number of hydrogen-bond acceptors (Lipinski definition) is 1. The van der Waals surface area contributed by atoms with Gasteiger partial charge in [-0.3, -0.25) is 0 Å². The molecule has 1 aromatic rings. The maximum absolute atomic E-state index is 9.46. The van der Waals surface area contributed by atoms with Crippen LogP contribution < -0.4 is 0 Å². The number of benzene rings is 1. The number of aliphatic hydroxyl groups excluding tert-OH is 1. The van der Waals surface area contributed by atoms with Crippen LogP contribution in [0.15, 0.2) is 24.3 Å². The highest BCUT2D eigenvalue weighted by Gasteiger charge is 2.04. The highest BCUT2D eigenvalue weighted by Crippen LogP contribution is 2.15. The second-order valence-electron chi connectivity index (χ2n) is 3.52. The second kappa shape index (κ2) is 6.05. The van der Waals surface area contributed by atoms with E-state index in [1.165, 1.54) is 18.4 Å². The molecule has 0 aliphatic rings. The van der Waals surface area contributed by atoms with E-state index in [1.54, 1.807) is 0 Å². The van der Waals surface area contributed by atoms with Crippen molar-refractivity contribution in [1.29, 1.82) is 0 Å². The first-order valence-corrected chi connectivity index (χ1v) is 5.64. The maximum atomic E-state index is 9.46. The third kappa shape index (κ3) is 3.32. The van der Waals surface area contributed by atoms with Gasteiger partial charge in [0.15, 0.2) is 0 Å². The summed E-state index contributed by atoms with van der Waals surface area (Å²) in [6.07, 6.45) is 3.02. The van der Waals surface area contributed by atoms with E-state index in [2.05, 4.69) is 19.1 Å². The molecule has 0 spiro atoms. The van der Waals surface area contributed by atoms with Gasteiger partial charge >= 0.3 is 0 Å². The molecule has 2 heteroatoms. The molecule has 0 saturated heterocycles. The van der Waals surface area contributed by atoms with Crippen molar-refractivity contribution < 1.29 is 5.11 Å². The Kier molecular flexibility index (Phi) is 4.99. The number of aliphatic hydroxyl groups is 1. The SMILES string of the molecule is CCCCc1ccc(C(O)CCl)cc1. The summed E-state index contributed by atoms with van der Waals surface area (Å²) >= 11 is 5.56. The molecular weight excluding hydrogens is 196 g/mol. The monoisotopic (exact) mass is 212 g/mol. The predicted molar refractivity (Wildman–Crippen MR) is 60.7 cm³/mol. The van der Waals surface area contributed by atoms with Crippen LogP contribution in [0, 0.1) is 0 Å². The molecule has 0 bridgehead atoms. The van der Waals surface area contributed by atoms with Crippen LogP contribution in [-0.2, 0) is 6.42 Å². The highest BCUT2D eigenvalue weighted by atomic mass is 35.5. The van der Waals surface area contributed by atoms with E-state index >= 15 is 0 Å². The van der Waals surface area contributed by atoms with Gasteiger partial charge in [0.05, 0.1) is 12.0 Å². The topological polar surface area (TPSA) is 20.2 Å². The van der Waals surface area contributed by atoms with Crippen molar-refractivity contribution >= 4 is 11.6 Å². The van der Waals surface area contributed by atoms with Crippen molar-refractivity contribution in [3.8, 4) is 0 Å². The summed E-state index contributed by atoms with van der Waals surface area (Å²) in [6.45, 7) is 2.19.